The number of benzene rings is 1. The van der Waals surface area contributed by atoms with Crippen molar-refractivity contribution < 1.29 is 24.6 Å². The van der Waals surface area contributed by atoms with Gasteiger partial charge >= 0.3 is 5.97 Å². The van der Waals surface area contributed by atoms with Gasteiger partial charge in [-0.15, -0.1) is 0 Å². The first-order valence-electron chi connectivity index (χ1n) is 13.9. The molecule has 0 aliphatic heterocycles. The molecule has 0 aromatic heterocycles. The first kappa shape index (κ1) is 26.7. The quantitative estimate of drug-likeness (QED) is 0.453. The predicted molar refractivity (Wildman–Crippen MR) is 145 cm³/mol. The molecule has 4 aliphatic rings. The van der Waals surface area contributed by atoms with Gasteiger partial charge in [-0.05, 0) is 86.3 Å². The Labute approximate surface area is 225 Å². The van der Waals surface area contributed by atoms with Gasteiger partial charge in [0.25, 0.3) is 5.91 Å². The van der Waals surface area contributed by atoms with Crippen LogP contribution in [0.15, 0.2) is 59.3 Å². The molecule has 1 amide bonds. The van der Waals surface area contributed by atoms with Crippen molar-refractivity contribution in [1.29, 1.82) is 0 Å². The summed E-state index contributed by atoms with van der Waals surface area (Å²) in [5.41, 5.74) is 2.27. The highest BCUT2D eigenvalue weighted by Gasteiger charge is 2.61. The molecule has 0 unspecified atom stereocenters. The number of rotatable bonds is 7. The van der Waals surface area contributed by atoms with Crippen LogP contribution < -0.4 is 5.32 Å². The number of nitrogens with one attached hydrogen (secondary N) is 1. The number of carboxylic acids is 1. The van der Waals surface area contributed by atoms with E-state index < -0.39 is 23.5 Å². The van der Waals surface area contributed by atoms with Crippen molar-refractivity contribution in [2.24, 2.45) is 33.7 Å². The number of hydrogen-bond acceptors (Lipinski definition) is 5. The van der Waals surface area contributed by atoms with Gasteiger partial charge in [0.05, 0.1) is 5.60 Å². The molecule has 3 fully saturated rings. The summed E-state index contributed by atoms with van der Waals surface area (Å²) in [7, 11) is 0. The Morgan fingerprint density at radius 3 is 2.58 bits per heavy atom. The summed E-state index contributed by atoms with van der Waals surface area (Å²) in [6.45, 7) is 6.34. The zero-order chi connectivity index (χ0) is 27.1. The maximum atomic E-state index is 12.4. The van der Waals surface area contributed by atoms with E-state index >= 15 is 0 Å². The fourth-order valence-electron chi connectivity index (χ4n) is 7.96. The molecule has 1 aromatic carbocycles. The predicted octanol–water partition coefficient (Wildman–Crippen LogP) is 4.66. The zero-order valence-corrected chi connectivity index (χ0v) is 22.7. The van der Waals surface area contributed by atoms with Crippen LogP contribution >= 0.6 is 0 Å². The summed E-state index contributed by atoms with van der Waals surface area (Å²) in [6, 6.07) is 8.16. The number of aliphatic carboxylic acids is 1. The van der Waals surface area contributed by atoms with Crippen LogP contribution in [0.3, 0.4) is 0 Å². The standard InChI is InChI=1S/C31H40N2O5/c1-29-14-11-22(33-38-19-27(34)32-26(28(35)36)17-20-7-5-4-6-8-20)18-21(29)9-10-23-24(29)12-15-30(2)25(23)13-16-31(30,3)37/h4-8,11,14,18,23-26,37H,9-10,12-13,15-17,19H2,1-3H3,(H,32,34)(H,35,36)/t23-,24-,25-,26-,29-,30-,31-/m0/s1. The van der Waals surface area contributed by atoms with Crippen molar-refractivity contribution in [3.63, 3.8) is 0 Å². The fourth-order valence-corrected chi connectivity index (χ4v) is 7.96. The lowest BCUT2D eigenvalue weighted by molar-refractivity contribution is -0.142. The molecular formula is C31H40N2O5. The first-order valence-corrected chi connectivity index (χ1v) is 13.9. The smallest absolute Gasteiger partial charge is 0.326 e. The van der Waals surface area contributed by atoms with Crippen molar-refractivity contribution in [2.45, 2.75) is 77.4 Å². The van der Waals surface area contributed by atoms with Crippen LogP contribution in [-0.4, -0.2) is 46.1 Å². The van der Waals surface area contributed by atoms with Gasteiger partial charge in [0.1, 0.15) is 11.8 Å². The van der Waals surface area contributed by atoms with Gasteiger partial charge in [-0.2, -0.15) is 0 Å². The molecule has 1 aromatic rings. The minimum atomic E-state index is -1.09. The topological polar surface area (TPSA) is 108 Å². The summed E-state index contributed by atoms with van der Waals surface area (Å²) >= 11 is 0. The molecule has 38 heavy (non-hydrogen) atoms. The Morgan fingerprint density at radius 2 is 1.84 bits per heavy atom. The van der Waals surface area contributed by atoms with Crippen LogP contribution in [0.1, 0.15) is 64.9 Å². The fraction of sp³-hybridized carbons (Fsp3) is 0.581. The Balaban J connectivity index is 1.19. The number of allylic oxidation sites excluding steroid dienone is 4. The van der Waals surface area contributed by atoms with Crippen LogP contribution in [0.25, 0.3) is 0 Å². The molecule has 0 bridgehead atoms. The van der Waals surface area contributed by atoms with E-state index in [2.05, 4.69) is 36.5 Å². The lowest BCUT2D eigenvalue weighted by Gasteiger charge is -2.58. The van der Waals surface area contributed by atoms with Crippen LogP contribution in [0, 0.1) is 28.6 Å². The maximum Gasteiger partial charge on any atom is 0.326 e. The molecule has 0 spiro atoms. The second kappa shape index (κ2) is 9.99. The van der Waals surface area contributed by atoms with Gasteiger partial charge in [-0.1, -0.05) is 61.0 Å². The second-order valence-corrected chi connectivity index (χ2v) is 12.4. The van der Waals surface area contributed by atoms with E-state index in [9.17, 15) is 19.8 Å². The van der Waals surface area contributed by atoms with E-state index in [0.717, 1.165) is 44.1 Å². The molecule has 5 rings (SSSR count). The lowest BCUT2D eigenvalue weighted by atomic mass is 9.47. The molecule has 204 valence electrons. The van der Waals surface area contributed by atoms with Crippen LogP contribution in [0.2, 0.25) is 0 Å². The summed E-state index contributed by atoms with van der Waals surface area (Å²) < 4.78 is 0. The number of carbonyl (C=O) groups is 2. The average Bonchev–Trinajstić information content (AvgIpc) is 3.13. The zero-order valence-electron chi connectivity index (χ0n) is 22.7. The third-order valence-corrected chi connectivity index (χ3v) is 10.4. The molecule has 7 atom stereocenters. The lowest BCUT2D eigenvalue weighted by Crippen LogP contribution is -2.53. The van der Waals surface area contributed by atoms with E-state index in [1.54, 1.807) is 0 Å². The van der Waals surface area contributed by atoms with Crippen molar-refractivity contribution in [3.8, 4) is 0 Å². The molecule has 7 nitrogen and oxygen atoms in total. The molecule has 0 heterocycles. The molecule has 7 heteroatoms. The Morgan fingerprint density at radius 1 is 1.11 bits per heavy atom. The highest BCUT2D eigenvalue weighted by atomic mass is 16.6. The molecule has 0 saturated heterocycles. The molecule has 3 saturated carbocycles. The van der Waals surface area contributed by atoms with E-state index in [1.165, 1.54) is 5.57 Å². The SMILES string of the molecule is C[C@]12C=CC(=NOCC(=O)N[C@@H](Cc3ccccc3)C(=O)O)C=C1CC[C@H]1[C@@H]2CC[C@@]2(C)[C@H]1CC[C@]2(C)O. The van der Waals surface area contributed by atoms with Gasteiger partial charge in [0, 0.05) is 11.8 Å². The maximum absolute atomic E-state index is 12.4. The Kier molecular flexibility index (Phi) is 7.01. The third-order valence-electron chi connectivity index (χ3n) is 10.4. The van der Waals surface area contributed by atoms with Crippen LogP contribution in [-0.2, 0) is 20.8 Å². The molecule has 0 radical (unpaired) electrons. The first-order chi connectivity index (χ1) is 18.0. The largest absolute Gasteiger partial charge is 0.480 e. The Hall–Kier alpha value is -2.93. The van der Waals surface area contributed by atoms with Gasteiger partial charge in [0.15, 0.2) is 6.61 Å². The summed E-state index contributed by atoms with van der Waals surface area (Å²) in [5.74, 6) is 0.125. The van der Waals surface area contributed by atoms with Crippen molar-refractivity contribution in [1.82, 2.24) is 5.32 Å². The Bertz CT molecular complexity index is 1170. The number of nitrogens with zero attached hydrogens (tertiary/aromatic N) is 1. The van der Waals surface area contributed by atoms with E-state index in [0.29, 0.717) is 23.5 Å². The molecule has 3 N–H and O–H groups in total. The van der Waals surface area contributed by atoms with Gasteiger partial charge < -0.3 is 20.4 Å². The number of carbonyl (C=O) groups excluding carboxylic acids is 1. The van der Waals surface area contributed by atoms with Crippen molar-refractivity contribution in [3.05, 3.63) is 59.7 Å². The third kappa shape index (κ3) is 4.70. The monoisotopic (exact) mass is 520 g/mol. The minimum absolute atomic E-state index is 0.00585. The highest BCUT2D eigenvalue weighted by molar-refractivity contribution is 6.05. The number of aliphatic hydroxyl groups is 1. The molecule has 4 aliphatic carbocycles. The number of carboxylic acid groups (broad SMARTS) is 1. The minimum Gasteiger partial charge on any atom is -0.480 e. The normalized spacial score (nSPS) is 37.4. The number of hydrogen-bond donors (Lipinski definition) is 3. The highest BCUT2D eigenvalue weighted by Crippen LogP contribution is 2.66. The summed E-state index contributed by atoms with van der Waals surface area (Å²) in [6.07, 6.45) is 12.8. The van der Waals surface area contributed by atoms with Crippen LogP contribution in [0.4, 0.5) is 0 Å². The summed E-state index contributed by atoms with van der Waals surface area (Å²) in [4.78, 5) is 29.3. The van der Waals surface area contributed by atoms with Gasteiger partial charge in [0.2, 0.25) is 0 Å². The van der Waals surface area contributed by atoms with E-state index in [1.807, 2.05) is 43.3 Å². The number of fused-ring (bicyclic) bond motifs is 5. The van der Waals surface area contributed by atoms with E-state index in [-0.39, 0.29) is 23.9 Å². The average molecular weight is 521 g/mol. The van der Waals surface area contributed by atoms with Crippen LogP contribution in [0.5, 0.6) is 0 Å². The van der Waals surface area contributed by atoms with Crippen molar-refractivity contribution in [2.75, 3.05) is 6.61 Å². The number of amides is 1. The van der Waals surface area contributed by atoms with Crippen molar-refractivity contribution >= 4 is 17.6 Å². The van der Waals surface area contributed by atoms with Gasteiger partial charge in [-0.3, -0.25) is 4.79 Å². The second-order valence-electron chi connectivity index (χ2n) is 12.4. The van der Waals surface area contributed by atoms with Gasteiger partial charge in [-0.25, -0.2) is 4.79 Å². The summed E-state index contributed by atoms with van der Waals surface area (Å²) in [5, 5.41) is 27.3. The molecular weight excluding hydrogens is 480 g/mol. The van der Waals surface area contributed by atoms with E-state index in [4.69, 9.17) is 4.84 Å². The number of oxime groups is 1.